The highest BCUT2D eigenvalue weighted by molar-refractivity contribution is 5.99. The Labute approximate surface area is 128 Å². The van der Waals surface area contributed by atoms with E-state index in [9.17, 15) is 4.79 Å². The van der Waals surface area contributed by atoms with Crippen molar-refractivity contribution in [2.24, 2.45) is 11.8 Å². The molecule has 1 fully saturated rings. The molecule has 2 nitrogen and oxygen atoms in total. The van der Waals surface area contributed by atoms with E-state index in [-0.39, 0.29) is 5.92 Å². The molecule has 0 unspecified atom stereocenters. The minimum absolute atomic E-state index is 0.235. The molecule has 0 heterocycles. The van der Waals surface area contributed by atoms with E-state index in [2.05, 4.69) is 13.8 Å². The number of hydrogen-bond donors (Lipinski definition) is 0. The molecule has 0 radical (unpaired) electrons. The molecule has 1 aromatic rings. The first-order chi connectivity index (χ1) is 9.99. The van der Waals surface area contributed by atoms with Crippen molar-refractivity contribution < 1.29 is 9.53 Å². The van der Waals surface area contributed by atoms with E-state index in [0.29, 0.717) is 11.7 Å². The summed E-state index contributed by atoms with van der Waals surface area (Å²) in [6, 6.07) is 4.07. The van der Waals surface area contributed by atoms with Gasteiger partial charge in [-0.15, -0.1) is 0 Å². The van der Waals surface area contributed by atoms with Crippen LogP contribution in [0.15, 0.2) is 12.1 Å². The molecule has 21 heavy (non-hydrogen) atoms. The number of rotatable bonds is 5. The minimum atomic E-state index is 0.235. The zero-order valence-electron chi connectivity index (χ0n) is 13.9. The van der Waals surface area contributed by atoms with Crippen molar-refractivity contribution in [1.82, 2.24) is 0 Å². The largest absolute Gasteiger partial charge is 0.493 e. The summed E-state index contributed by atoms with van der Waals surface area (Å²) >= 11 is 0. The molecule has 0 saturated heterocycles. The van der Waals surface area contributed by atoms with Gasteiger partial charge in [0, 0.05) is 11.5 Å². The molecule has 116 valence electrons. The van der Waals surface area contributed by atoms with Crippen molar-refractivity contribution in [3.63, 3.8) is 0 Å². The van der Waals surface area contributed by atoms with Gasteiger partial charge in [-0.1, -0.05) is 33.1 Å². The van der Waals surface area contributed by atoms with E-state index in [0.717, 1.165) is 41.9 Å². The van der Waals surface area contributed by atoms with Gasteiger partial charge < -0.3 is 4.74 Å². The molecule has 1 saturated carbocycles. The molecule has 0 aliphatic heterocycles. The van der Waals surface area contributed by atoms with E-state index in [1.807, 2.05) is 26.0 Å². The molecule has 0 aromatic heterocycles. The summed E-state index contributed by atoms with van der Waals surface area (Å²) in [6.45, 7) is 9.06. The normalized spacial score (nSPS) is 16.2. The fraction of sp³-hybridized carbons (Fsp3) is 0.632. The maximum atomic E-state index is 12.7. The van der Waals surface area contributed by atoms with Gasteiger partial charge in [-0.2, -0.15) is 0 Å². The van der Waals surface area contributed by atoms with Crippen LogP contribution in [0.1, 0.15) is 67.4 Å². The Bertz CT molecular complexity index is 497. The molecule has 0 N–H and O–H groups in total. The van der Waals surface area contributed by atoms with Gasteiger partial charge in [0.2, 0.25) is 0 Å². The maximum absolute atomic E-state index is 12.7. The van der Waals surface area contributed by atoms with Gasteiger partial charge in [-0.25, -0.2) is 0 Å². The first-order valence-corrected chi connectivity index (χ1v) is 8.27. The second kappa shape index (κ2) is 7.11. The first kappa shape index (κ1) is 16.1. The van der Waals surface area contributed by atoms with Crippen LogP contribution in [0.2, 0.25) is 0 Å². The molecule has 2 rings (SSSR count). The highest BCUT2D eigenvalue weighted by Gasteiger charge is 2.24. The topological polar surface area (TPSA) is 26.3 Å². The van der Waals surface area contributed by atoms with Gasteiger partial charge in [0.15, 0.2) is 5.78 Å². The number of carbonyl (C=O) groups excluding carboxylic acids is 1. The van der Waals surface area contributed by atoms with E-state index in [4.69, 9.17) is 4.74 Å². The van der Waals surface area contributed by atoms with Crippen LogP contribution in [0, 0.1) is 25.7 Å². The third kappa shape index (κ3) is 4.09. The van der Waals surface area contributed by atoms with Crippen LogP contribution < -0.4 is 4.74 Å². The van der Waals surface area contributed by atoms with Gasteiger partial charge in [-0.05, 0) is 55.9 Å². The Morgan fingerprint density at radius 3 is 2.43 bits per heavy atom. The standard InChI is InChI=1S/C19H28O2/c1-13(2)12-21-18-11-14(3)17(10-15(18)4)19(20)16-8-6-5-7-9-16/h10-11,13,16H,5-9,12H2,1-4H3. The Balaban J connectivity index is 2.16. The fourth-order valence-electron chi connectivity index (χ4n) is 3.05. The van der Waals surface area contributed by atoms with Gasteiger partial charge in [0.05, 0.1) is 6.61 Å². The Morgan fingerprint density at radius 2 is 1.81 bits per heavy atom. The summed E-state index contributed by atoms with van der Waals surface area (Å²) in [5.41, 5.74) is 3.02. The molecule has 1 aliphatic rings. The summed E-state index contributed by atoms with van der Waals surface area (Å²) in [4.78, 5) is 12.7. The Hall–Kier alpha value is -1.31. The number of ether oxygens (including phenoxy) is 1. The number of carbonyl (C=O) groups is 1. The predicted molar refractivity (Wildman–Crippen MR) is 87.2 cm³/mol. The number of Topliss-reactive ketones (excluding diaryl/α,β-unsaturated/α-hetero) is 1. The van der Waals surface area contributed by atoms with E-state index in [1.165, 1.54) is 19.3 Å². The predicted octanol–water partition coefficient (Wildman–Crippen LogP) is 5.10. The third-order valence-electron chi connectivity index (χ3n) is 4.34. The lowest BCUT2D eigenvalue weighted by Gasteiger charge is -2.22. The molecule has 0 amide bonds. The third-order valence-corrected chi connectivity index (χ3v) is 4.34. The van der Waals surface area contributed by atoms with Crippen molar-refractivity contribution in [3.8, 4) is 5.75 Å². The van der Waals surface area contributed by atoms with Gasteiger partial charge in [0.25, 0.3) is 0 Å². The highest BCUT2D eigenvalue weighted by Crippen LogP contribution is 2.30. The summed E-state index contributed by atoms with van der Waals surface area (Å²) < 4.78 is 5.85. The summed E-state index contributed by atoms with van der Waals surface area (Å²) in [5.74, 6) is 2.00. The summed E-state index contributed by atoms with van der Waals surface area (Å²) in [6.07, 6.45) is 5.80. The van der Waals surface area contributed by atoms with Gasteiger partial charge in [0.1, 0.15) is 5.75 Å². The van der Waals surface area contributed by atoms with E-state index in [1.54, 1.807) is 0 Å². The summed E-state index contributed by atoms with van der Waals surface area (Å²) in [5, 5.41) is 0. The first-order valence-electron chi connectivity index (χ1n) is 8.27. The Kier molecular flexibility index (Phi) is 5.44. The van der Waals surface area contributed by atoms with Crippen molar-refractivity contribution in [2.45, 2.75) is 59.8 Å². The lowest BCUT2D eigenvalue weighted by Crippen LogP contribution is -2.19. The van der Waals surface area contributed by atoms with Crippen LogP contribution in [-0.4, -0.2) is 12.4 Å². The van der Waals surface area contributed by atoms with Gasteiger partial charge >= 0.3 is 0 Å². The lowest BCUT2D eigenvalue weighted by atomic mass is 9.82. The van der Waals surface area contributed by atoms with Gasteiger partial charge in [-0.3, -0.25) is 4.79 Å². The van der Waals surface area contributed by atoms with Crippen LogP contribution in [-0.2, 0) is 0 Å². The fourth-order valence-corrected chi connectivity index (χ4v) is 3.05. The second-order valence-electron chi connectivity index (χ2n) is 6.84. The quantitative estimate of drug-likeness (QED) is 0.704. The smallest absolute Gasteiger partial charge is 0.166 e. The molecule has 0 atom stereocenters. The van der Waals surface area contributed by atoms with E-state index >= 15 is 0 Å². The van der Waals surface area contributed by atoms with Crippen LogP contribution in [0.25, 0.3) is 0 Å². The molecular formula is C19H28O2. The minimum Gasteiger partial charge on any atom is -0.493 e. The number of aryl methyl sites for hydroxylation is 2. The lowest BCUT2D eigenvalue weighted by molar-refractivity contribution is 0.0888. The monoisotopic (exact) mass is 288 g/mol. The summed E-state index contributed by atoms with van der Waals surface area (Å²) in [7, 11) is 0. The average Bonchev–Trinajstić information content (AvgIpc) is 2.47. The highest BCUT2D eigenvalue weighted by atomic mass is 16.5. The maximum Gasteiger partial charge on any atom is 0.166 e. The molecular weight excluding hydrogens is 260 g/mol. The van der Waals surface area contributed by atoms with Crippen molar-refractivity contribution in [1.29, 1.82) is 0 Å². The van der Waals surface area contributed by atoms with E-state index < -0.39 is 0 Å². The van der Waals surface area contributed by atoms with Crippen LogP contribution >= 0.6 is 0 Å². The number of ketones is 1. The second-order valence-corrected chi connectivity index (χ2v) is 6.84. The molecule has 0 bridgehead atoms. The van der Waals surface area contributed by atoms with Crippen LogP contribution in [0.5, 0.6) is 5.75 Å². The van der Waals surface area contributed by atoms with Crippen molar-refractivity contribution in [3.05, 3.63) is 28.8 Å². The Morgan fingerprint density at radius 1 is 1.14 bits per heavy atom. The average molecular weight is 288 g/mol. The molecule has 1 aromatic carbocycles. The van der Waals surface area contributed by atoms with Crippen molar-refractivity contribution in [2.75, 3.05) is 6.61 Å². The number of benzene rings is 1. The van der Waals surface area contributed by atoms with Crippen LogP contribution in [0.4, 0.5) is 0 Å². The number of hydrogen-bond acceptors (Lipinski definition) is 2. The SMILES string of the molecule is Cc1cc(C(=O)C2CCCCC2)c(C)cc1OCC(C)C. The van der Waals surface area contributed by atoms with Crippen molar-refractivity contribution >= 4 is 5.78 Å². The zero-order valence-corrected chi connectivity index (χ0v) is 13.9. The van der Waals surface area contributed by atoms with Crippen LogP contribution in [0.3, 0.4) is 0 Å². The molecule has 1 aliphatic carbocycles. The molecule has 0 spiro atoms. The molecule has 2 heteroatoms. The zero-order chi connectivity index (χ0) is 15.4.